The third-order valence-corrected chi connectivity index (χ3v) is 5.74. The number of amides is 1. The zero-order valence-corrected chi connectivity index (χ0v) is 18.3. The normalized spacial score (nSPS) is 12.0. The van der Waals surface area contributed by atoms with Gasteiger partial charge in [0.05, 0.1) is 6.54 Å². The van der Waals surface area contributed by atoms with Crippen molar-refractivity contribution < 1.29 is 19.4 Å². The zero-order valence-electron chi connectivity index (χ0n) is 17.5. The highest BCUT2D eigenvalue weighted by molar-refractivity contribution is 7.10. The topological polar surface area (TPSA) is 66.8 Å². The number of carbonyl (C=O) groups excluding carboxylic acids is 1. The number of aliphatic carboxylic acids is 1. The summed E-state index contributed by atoms with van der Waals surface area (Å²) in [5.41, 5.74) is 3.13. The molecule has 0 aliphatic rings. The van der Waals surface area contributed by atoms with Crippen molar-refractivity contribution in [2.24, 2.45) is 0 Å². The molecule has 1 N–H and O–H groups in total. The Labute approximate surface area is 177 Å². The van der Waals surface area contributed by atoms with Crippen LogP contribution in [-0.2, 0) is 27.3 Å². The number of rotatable bonds is 12. The molecule has 1 amide bonds. The number of hydrogen-bond donors (Lipinski definition) is 1. The van der Waals surface area contributed by atoms with E-state index in [1.165, 1.54) is 0 Å². The van der Waals surface area contributed by atoms with Gasteiger partial charge in [-0.2, -0.15) is 0 Å². The fraction of sp³-hybridized carbons (Fsp3) is 0.478. The van der Waals surface area contributed by atoms with Crippen LogP contribution in [0.25, 0.3) is 11.1 Å². The quantitative estimate of drug-likeness (QED) is 0.494. The molecule has 5 nitrogen and oxygen atoms in total. The number of unbranched alkanes of at least 4 members (excludes halogenated alkanes) is 2. The third kappa shape index (κ3) is 7.29. The molecule has 0 aliphatic carbocycles. The van der Waals surface area contributed by atoms with Crippen LogP contribution in [0.2, 0.25) is 0 Å². The third-order valence-electron chi connectivity index (χ3n) is 4.82. The van der Waals surface area contributed by atoms with E-state index < -0.39 is 12.1 Å². The first-order valence-electron chi connectivity index (χ1n) is 10.2. The van der Waals surface area contributed by atoms with Crippen LogP contribution >= 0.6 is 11.3 Å². The maximum Gasteiger partial charge on any atom is 0.333 e. The molecule has 0 saturated carbocycles. The van der Waals surface area contributed by atoms with Gasteiger partial charge >= 0.3 is 5.97 Å². The van der Waals surface area contributed by atoms with E-state index in [1.54, 1.807) is 23.2 Å². The van der Waals surface area contributed by atoms with E-state index in [-0.39, 0.29) is 5.91 Å². The van der Waals surface area contributed by atoms with Crippen LogP contribution in [0.1, 0.15) is 50.0 Å². The van der Waals surface area contributed by atoms with E-state index in [0.29, 0.717) is 26.0 Å². The predicted octanol–water partition coefficient (Wildman–Crippen LogP) is 4.99. The molecule has 0 aliphatic heterocycles. The van der Waals surface area contributed by atoms with Gasteiger partial charge in [0.15, 0.2) is 6.10 Å². The number of benzene rings is 1. The van der Waals surface area contributed by atoms with E-state index in [2.05, 4.69) is 18.4 Å². The average molecular weight is 418 g/mol. The smallest absolute Gasteiger partial charge is 0.333 e. The summed E-state index contributed by atoms with van der Waals surface area (Å²) in [7, 11) is 1.86. The molecule has 6 heteroatoms. The van der Waals surface area contributed by atoms with Gasteiger partial charge in [-0.25, -0.2) is 4.79 Å². The lowest BCUT2D eigenvalue weighted by Gasteiger charge is -2.16. The van der Waals surface area contributed by atoms with Gasteiger partial charge in [-0.05, 0) is 41.5 Å². The molecule has 0 bridgehead atoms. The Kier molecular flexibility index (Phi) is 9.35. The molecular weight excluding hydrogens is 386 g/mol. The second kappa shape index (κ2) is 11.7. The number of nitrogens with zero attached hydrogens (tertiary/aromatic N) is 1. The van der Waals surface area contributed by atoms with Gasteiger partial charge in [-0.3, -0.25) is 4.79 Å². The van der Waals surface area contributed by atoms with E-state index >= 15 is 0 Å². The number of carbonyl (C=O) groups is 2. The summed E-state index contributed by atoms with van der Waals surface area (Å²) in [5.74, 6) is -0.744. The van der Waals surface area contributed by atoms with E-state index in [0.717, 1.165) is 40.8 Å². The summed E-state index contributed by atoms with van der Waals surface area (Å²) >= 11 is 1.65. The summed E-state index contributed by atoms with van der Waals surface area (Å²) in [6, 6.07) is 10.0. The van der Waals surface area contributed by atoms with Crippen LogP contribution in [0.3, 0.4) is 0 Å². The lowest BCUT2D eigenvalue weighted by atomic mass is 10.0. The molecule has 0 unspecified atom stereocenters. The lowest BCUT2D eigenvalue weighted by molar-refractivity contribution is -0.150. The fourth-order valence-electron chi connectivity index (χ4n) is 3.12. The van der Waals surface area contributed by atoms with Crippen molar-refractivity contribution in [3.8, 4) is 11.1 Å². The molecule has 0 spiro atoms. The highest BCUT2D eigenvalue weighted by Gasteiger charge is 2.18. The van der Waals surface area contributed by atoms with Crippen molar-refractivity contribution in [1.82, 2.24) is 4.90 Å². The molecule has 2 rings (SSSR count). The number of hydrogen-bond acceptors (Lipinski definition) is 4. The minimum absolute atomic E-state index is 0.194. The van der Waals surface area contributed by atoms with E-state index in [9.17, 15) is 14.7 Å². The summed E-state index contributed by atoms with van der Waals surface area (Å²) < 4.78 is 5.28. The van der Waals surface area contributed by atoms with Crippen LogP contribution in [0.4, 0.5) is 0 Å². The minimum Gasteiger partial charge on any atom is -0.479 e. The SMILES string of the molecule is CCCCCC(=O)N(C)Cc1cc(-c2ccc(C[C@H](OCC)C(=O)O)cc2)cs1. The highest BCUT2D eigenvalue weighted by Crippen LogP contribution is 2.27. The Hall–Kier alpha value is -2.18. The molecule has 2 aromatic rings. The number of ether oxygens (including phenoxy) is 1. The van der Waals surface area contributed by atoms with E-state index in [1.807, 2.05) is 31.3 Å². The molecule has 0 fully saturated rings. The Morgan fingerprint density at radius 3 is 2.48 bits per heavy atom. The van der Waals surface area contributed by atoms with Crippen LogP contribution < -0.4 is 0 Å². The van der Waals surface area contributed by atoms with Crippen molar-refractivity contribution in [1.29, 1.82) is 0 Å². The summed E-state index contributed by atoms with van der Waals surface area (Å²) in [6.07, 6.45) is 3.31. The largest absolute Gasteiger partial charge is 0.479 e. The predicted molar refractivity (Wildman–Crippen MR) is 117 cm³/mol. The zero-order chi connectivity index (χ0) is 21.2. The van der Waals surface area contributed by atoms with Crippen molar-refractivity contribution in [2.45, 2.75) is 58.6 Å². The first-order chi connectivity index (χ1) is 13.9. The van der Waals surface area contributed by atoms with Gasteiger partial charge in [0.1, 0.15) is 0 Å². The molecule has 1 atom stereocenters. The summed E-state index contributed by atoms with van der Waals surface area (Å²) in [4.78, 5) is 26.4. The monoisotopic (exact) mass is 417 g/mol. The lowest BCUT2D eigenvalue weighted by Crippen LogP contribution is -2.26. The average Bonchev–Trinajstić information content (AvgIpc) is 3.16. The Bertz CT molecular complexity index is 784. The first-order valence-corrected chi connectivity index (χ1v) is 11.1. The molecule has 1 heterocycles. The van der Waals surface area contributed by atoms with Gasteiger partial charge in [0.25, 0.3) is 0 Å². The number of carboxylic acid groups (broad SMARTS) is 1. The van der Waals surface area contributed by atoms with Gasteiger partial charge < -0.3 is 14.7 Å². The second-order valence-electron chi connectivity index (χ2n) is 7.19. The maximum absolute atomic E-state index is 12.2. The van der Waals surface area contributed by atoms with Crippen LogP contribution in [0.5, 0.6) is 0 Å². The van der Waals surface area contributed by atoms with Crippen LogP contribution in [0, 0.1) is 0 Å². The van der Waals surface area contributed by atoms with Gasteiger partial charge in [-0.15, -0.1) is 11.3 Å². The minimum atomic E-state index is -0.938. The van der Waals surface area contributed by atoms with Crippen molar-refractivity contribution >= 4 is 23.2 Å². The maximum atomic E-state index is 12.2. The summed E-state index contributed by atoms with van der Waals surface area (Å²) in [6.45, 7) is 4.94. The molecule has 158 valence electrons. The Morgan fingerprint density at radius 1 is 1.14 bits per heavy atom. The number of carboxylic acids is 1. The van der Waals surface area contributed by atoms with Gasteiger partial charge in [0.2, 0.25) is 5.91 Å². The van der Waals surface area contributed by atoms with E-state index in [4.69, 9.17) is 4.74 Å². The summed E-state index contributed by atoms with van der Waals surface area (Å²) in [5, 5.41) is 11.3. The van der Waals surface area contributed by atoms with Crippen LogP contribution in [0.15, 0.2) is 35.7 Å². The molecular formula is C23H31NO4S. The molecule has 1 aromatic carbocycles. The molecule has 1 aromatic heterocycles. The van der Waals surface area contributed by atoms with Gasteiger partial charge in [0, 0.05) is 31.4 Å². The highest BCUT2D eigenvalue weighted by atomic mass is 32.1. The Balaban J connectivity index is 1.96. The van der Waals surface area contributed by atoms with Crippen molar-refractivity contribution in [3.63, 3.8) is 0 Å². The van der Waals surface area contributed by atoms with Crippen molar-refractivity contribution in [3.05, 3.63) is 46.2 Å². The molecule has 0 radical (unpaired) electrons. The first kappa shape index (κ1) is 23.1. The van der Waals surface area contributed by atoms with Crippen LogP contribution in [-0.4, -0.2) is 41.6 Å². The Morgan fingerprint density at radius 2 is 1.86 bits per heavy atom. The molecule has 0 saturated heterocycles. The van der Waals surface area contributed by atoms with Crippen molar-refractivity contribution in [2.75, 3.05) is 13.7 Å². The van der Waals surface area contributed by atoms with Gasteiger partial charge in [-0.1, -0.05) is 44.0 Å². The second-order valence-corrected chi connectivity index (χ2v) is 8.19. The molecule has 29 heavy (non-hydrogen) atoms. The fourth-order valence-corrected chi connectivity index (χ4v) is 4.07. The standard InChI is InChI=1S/C23H31NO4S/c1-4-6-7-8-22(25)24(3)15-20-14-19(16-29-20)18-11-9-17(10-12-18)13-21(23(26)27)28-5-2/h9-12,14,16,21H,4-8,13,15H2,1-3H3,(H,26,27)/t21-/m0/s1. The number of thiophene rings is 1.